The quantitative estimate of drug-likeness (QED) is 0.841. The monoisotopic (exact) mass is 319 g/mol. The molecule has 0 spiro atoms. The Hall–Kier alpha value is -1.82. The summed E-state index contributed by atoms with van der Waals surface area (Å²) in [5.74, 6) is 0. The standard InChI is InChI=1S/C17H25N3O3/c1-5-19-9-13(8-18-19)12-6-14-10-22-11-15(7-12)20(14)16(21)23-17(2,3)4/h6,8-9,14-15H,5,7,10-11H2,1-4H3. The first-order valence-electron chi connectivity index (χ1n) is 8.20. The zero-order valence-electron chi connectivity index (χ0n) is 14.3. The van der Waals surface area contributed by atoms with E-state index in [1.54, 1.807) is 0 Å². The van der Waals surface area contributed by atoms with E-state index in [1.807, 2.05) is 36.5 Å². The lowest BCUT2D eigenvalue weighted by Crippen LogP contribution is -2.57. The third kappa shape index (κ3) is 3.42. The van der Waals surface area contributed by atoms with Crippen LogP contribution in [0.3, 0.4) is 0 Å². The summed E-state index contributed by atoms with van der Waals surface area (Å²) in [6.45, 7) is 9.66. The Balaban J connectivity index is 1.82. The molecular weight excluding hydrogens is 294 g/mol. The van der Waals surface area contributed by atoms with Crippen molar-refractivity contribution in [1.82, 2.24) is 14.7 Å². The van der Waals surface area contributed by atoms with Crippen LogP contribution in [0.15, 0.2) is 18.5 Å². The van der Waals surface area contributed by atoms with Gasteiger partial charge in [0, 0.05) is 18.3 Å². The number of fused-ring (bicyclic) bond motifs is 2. The second-order valence-electron chi connectivity index (χ2n) is 7.13. The number of aryl methyl sites for hydroxylation is 1. The SMILES string of the molecule is CCn1cc(C2=CC3COCC(C2)N3C(=O)OC(C)(C)C)cn1. The fraction of sp³-hybridized carbons (Fsp3) is 0.647. The van der Waals surface area contributed by atoms with Crippen LogP contribution >= 0.6 is 0 Å². The predicted octanol–water partition coefficient (Wildman–Crippen LogP) is 2.69. The molecule has 6 heteroatoms. The van der Waals surface area contributed by atoms with Gasteiger partial charge in [0.1, 0.15) is 5.60 Å². The highest BCUT2D eigenvalue weighted by Gasteiger charge is 2.40. The molecule has 0 aromatic carbocycles. The summed E-state index contributed by atoms with van der Waals surface area (Å²) in [5.41, 5.74) is 1.88. The van der Waals surface area contributed by atoms with Crippen LogP contribution in [0.1, 0.15) is 39.7 Å². The van der Waals surface area contributed by atoms with Gasteiger partial charge in [-0.2, -0.15) is 5.10 Å². The van der Waals surface area contributed by atoms with Crippen molar-refractivity contribution in [2.45, 2.75) is 58.3 Å². The molecule has 126 valence electrons. The first-order chi connectivity index (χ1) is 10.9. The molecule has 1 fully saturated rings. The first-order valence-corrected chi connectivity index (χ1v) is 8.20. The first kappa shape index (κ1) is 16.1. The number of hydrogen-bond donors (Lipinski definition) is 0. The van der Waals surface area contributed by atoms with Crippen LogP contribution in [-0.2, 0) is 16.0 Å². The van der Waals surface area contributed by atoms with Gasteiger partial charge in [0.25, 0.3) is 0 Å². The van der Waals surface area contributed by atoms with Gasteiger partial charge in [0.05, 0.1) is 31.5 Å². The molecule has 0 aliphatic carbocycles. The number of aromatic nitrogens is 2. The molecule has 0 saturated carbocycles. The van der Waals surface area contributed by atoms with E-state index in [4.69, 9.17) is 9.47 Å². The van der Waals surface area contributed by atoms with Gasteiger partial charge in [-0.3, -0.25) is 9.58 Å². The minimum Gasteiger partial charge on any atom is -0.444 e. The number of ether oxygens (including phenoxy) is 2. The zero-order chi connectivity index (χ0) is 16.6. The van der Waals surface area contributed by atoms with Gasteiger partial charge in [0.2, 0.25) is 0 Å². The number of rotatable bonds is 2. The van der Waals surface area contributed by atoms with Crippen LogP contribution < -0.4 is 0 Å². The van der Waals surface area contributed by atoms with Crippen molar-refractivity contribution in [2.75, 3.05) is 13.2 Å². The van der Waals surface area contributed by atoms with E-state index in [1.165, 1.54) is 5.57 Å². The van der Waals surface area contributed by atoms with E-state index in [0.717, 1.165) is 18.5 Å². The average Bonchev–Trinajstić information content (AvgIpc) is 2.92. The predicted molar refractivity (Wildman–Crippen MR) is 87.0 cm³/mol. The number of carbonyl (C=O) groups excluding carboxylic acids is 1. The van der Waals surface area contributed by atoms with Crippen LogP contribution in [-0.4, -0.2) is 51.7 Å². The maximum atomic E-state index is 12.5. The molecule has 2 bridgehead atoms. The number of carbonyl (C=O) groups is 1. The summed E-state index contributed by atoms with van der Waals surface area (Å²) < 4.78 is 13.1. The number of morpholine rings is 1. The molecular formula is C17H25N3O3. The molecule has 3 heterocycles. The highest BCUT2D eigenvalue weighted by molar-refractivity contribution is 5.74. The van der Waals surface area contributed by atoms with Crippen LogP contribution in [0.2, 0.25) is 0 Å². The third-order valence-corrected chi connectivity index (χ3v) is 4.13. The molecule has 1 aromatic heterocycles. The third-order valence-electron chi connectivity index (χ3n) is 4.13. The van der Waals surface area contributed by atoms with E-state index in [2.05, 4.69) is 24.3 Å². The fourth-order valence-corrected chi connectivity index (χ4v) is 3.11. The Kier molecular flexibility index (Phi) is 4.19. The van der Waals surface area contributed by atoms with Gasteiger partial charge in [-0.15, -0.1) is 0 Å². The molecule has 1 amide bonds. The average molecular weight is 319 g/mol. The lowest BCUT2D eigenvalue weighted by Gasteiger charge is -2.44. The molecule has 2 aliphatic heterocycles. The number of hydrogen-bond acceptors (Lipinski definition) is 4. The molecule has 6 nitrogen and oxygen atoms in total. The van der Waals surface area contributed by atoms with Gasteiger partial charge >= 0.3 is 6.09 Å². The summed E-state index contributed by atoms with van der Waals surface area (Å²) in [6, 6.07) is -0.0501. The van der Waals surface area contributed by atoms with Crippen molar-refractivity contribution in [1.29, 1.82) is 0 Å². The molecule has 3 rings (SSSR count). The lowest BCUT2D eigenvalue weighted by molar-refractivity contribution is -0.0510. The Morgan fingerprint density at radius 3 is 2.83 bits per heavy atom. The second-order valence-corrected chi connectivity index (χ2v) is 7.13. The molecule has 0 radical (unpaired) electrons. The molecule has 2 atom stereocenters. The van der Waals surface area contributed by atoms with Gasteiger partial charge in [0.15, 0.2) is 0 Å². The maximum absolute atomic E-state index is 12.5. The van der Waals surface area contributed by atoms with E-state index in [0.29, 0.717) is 13.2 Å². The second kappa shape index (κ2) is 6.00. The van der Waals surface area contributed by atoms with Gasteiger partial charge in [-0.25, -0.2) is 4.79 Å². The minimum absolute atomic E-state index is 0.0218. The summed E-state index contributed by atoms with van der Waals surface area (Å²) >= 11 is 0. The van der Waals surface area contributed by atoms with Crippen molar-refractivity contribution < 1.29 is 14.3 Å². The van der Waals surface area contributed by atoms with Crippen LogP contribution in [0.4, 0.5) is 4.79 Å². The van der Waals surface area contributed by atoms with Crippen LogP contribution in [0.25, 0.3) is 5.57 Å². The molecule has 1 saturated heterocycles. The highest BCUT2D eigenvalue weighted by Crippen LogP contribution is 2.33. The van der Waals surface area contributed by atoms with Gasteiger partial charge < -0.3 is 9.47 Å². The normalized spacial score (nSPS) is 24.3. The minimum atomic E-state index is -0.488. The van der Waals surface area contributed by atoms with Crippen molar-refractivity contribution in [3.05, 3.63) is 24.0 Å². The molecule has 2 aliphatic rings. The Labute approximate surface area is 137 Å². The zero-order valence-corrected chi connectivity index (χ0v) is 14.3. The van der Waals surface area contributed by atoms with Crippen molar-refractivity contribution in [3.8, 4) is 0 Å². The smallest absolute Gasteiger partial charge is 0.411 e. The van der Waals surface area contributed by atoms with E-state index < -0.39 is 5.60 Å². The number of amides is 1. The van der Waals surface area contributed by atoms with Crippen molar-refractivity contribution in [2.24, 2.45) is 0 Å². The van der Waals surface area contributed by atoms with Crippen molar-refractivity contribution >= 4 is 11.7 Å². The van der Waals surface area contributed by atoms with Crippen LogP contribution in [0.5, 0.6) is 0 Å². The fourth-order valence-electron chi connectivity index (χ4n) is 3.11. The summed E-state index contributed by atoms with van der Waals surface area (Å²) in [4.78, 5) is 14.4. The van der Waals surface area contributed by atoms with Gasteiger partial charge in [-0.05, 0) is 39.7 Å². The summed E-state index contributed by atoms with van der Waals surface area (Å²) in [7, 11) is 0. The highest BCUT2D eigenvalue weighted by atomic mass is 16.6. The van der Waals surface area contributed by atoms with E-state index in [9.17, 15) is 4.79 Å². The lowest BCUT2D eigenvalue weighted by atomic mass is 9.91. The van der Waals surface area contributed by atoms with Crippen molar-refractivity contribution in [3.63, 3.8) is 0 Å². The molecule has 1 aromatic rings. The van der Waals surface area contributed by atoms with E-state index in [-0.39, 0.29) is 18.2 Å². The van der Waals surface area contributed by atoms with Crippen LogP contribution in [0, 0.1) is 0 Å². The van der Waals surface area contributed by atoms with Gasteiger partial charge in [-0.1, -0.05) is 6.08 Å². The summed E-state index contributed by atoms with van der Waals surface area (Å²) in [5, 5.41) is 4.35. The molecule has 2 unspecified atom stereocenters. The Morgan fingerprint density at radius 1 is 1.43 bits per heavy atom. The molecule has 0 N–H and O–H groups in total. The molecule has 23 heavy (non-hydrogen) atoms. The Morgan fingerprint density at radius 2 is 2.22 bits per heavy atom. The number of nitrogens with zero attached hydrogens (tertiary/aromatic N) is 3. The Bertz CT molecular complexity index is 615. The van der Waals surface area contributed by atoms with E-state index >= 15 is 0 Å². The topological polar surface area (TPSA) is 56.6 Å². The largest absolute Gasteiger partial charge is 0.444 e. The summed E-state index contributed by atoms with van der Waals surface area (Å²) in [6.07, 6.45) is 6.60. The maximum Gasteiger partial charge on any atom is 0.411 e.